The van der Waals surface area contributed by atoms with Crippen LogP contribution in [0.4, 0.5) is 10.1 Å². The Hall–Kier alpha value is -1.75. The van der Waals surface area contributed by atoms with Crippen LogP contribution in [-0.4, -0.2) is 25.4 Å². The topological polar surface area (TPSA) is 38.6 Å². The second kappa shape index (κ2) is 8.03. The van der Waals surface area contributed by atoms with E-state index in [1.807, 2.05) is 0 Å². The number of carbonyl (C=O) groups is 2. The van der Waals surface area contributed by atoms with E-state index in [9.17, 15) is 14.0 Å². The van der Waals surface area contributed by atoms with Crippen LogP contribution in [0.1, 0.15) is 15.9 Å². The number of benzene rings is 2. The van der Waals surface area contributed by atoms with E-state index in [1.165, 1.54) is 13.1 Å². The summed E-state index contributed by atoms with van der Waals surface area (Å²) in [6.07, 6.45) is 0. The molecule has 3 nitrogen and oxygen atoms in total. The molecule has 0 fully saturated rings. The van der Waals surface area contributed by atoms with Crippen LogP contribution in [0.2, 0.25) is 5.02 Å². The van der Waals surface area contributed by atoms with Crippen LogP contribution in [0.3, 0.4) is 0 Å². The van der Waals surface area contributed by atoms with Crippen molar-refractivity contribution < 1.29 is 31.3 Å². The van der Waals surface area contributed by atoms with Crippen molar-refractivity contribution in [3.05, 3.63) is 64.7 Å². The highest BCUT2D eigenvalue weighted by molar-refractivity contribution is 6.31. The van der Waals surface area contributed by atoms with Crippen LogP contribution in [0, 0.1) is 0 Å². The molecule has 0 saturated heterocycles. The van der Waals surface area contributed by atoms with Gasteiger partial charge in [-0.25, -0.2) is 14.1 Å². The first-order chi connectivity index (χ1) is 10.0. The number of hydrogen-bond donors (Lipinski definition) is 1. The molecular formula is C16H14Cl2FNO2. The molecule has 0 saturated carbocycles. The maximum absolute atomic E-state index is 12.6. The maximum atomic E-state index is 12.6. The molecule has 0 spiro atoms. The minimum Gasteiger partial charge on any atom is -1.00 e. The molecule has 1 N–H and O–H groups in total. The third kappa shape index (κ3) is 3.91. The zero-order chi connectivity index (χ0) is 15.4. The molecule has 6 heteroatoms. The summed E-state index contributed by atoms with van der Waals surface area (Å²) in [6.45, 7) is -1.09. The van der Waals surface area contributed by atoms with E-state index in [0.29, 0.717) is 21.8 Å². The summed E-state index contributed by atoms with van der Waals surface area (Å²) in [4.78, 5) is 24.3. The predicted molar refractivity (Wildman–Crippen MR) is 78.9 cm³/mol. The number of ketones is 1. The highest BCUT2D eigenvalue weighted by atomic mass is 35.5. The van der Waals surface area contributed by atoms with Gasteiger partial charge >= 0.3 is 5.91 Å². The van der Waals surface area contributed by atoms with Crippen LogP contribution in [-0.2, 0) is 4.79 Å². The molecule has 0 aliphatic carbocycles. The van der Waals surface area contributed by atoms with E-state index in [2.05, 4.69) is 0 Å². The molecule has 2 aromatic carbocycles. The van der Waals surface area contributed by atoms with Crippen molar-refractivity contribution in [1.82, 2.24) is 0 Å². The summed E-state index contributed by atoms with van der Waals surface area (Å²) in [7, 11) is 1.51. The van der Waals surface area contributed by atoms with Gasteiger partial charge < -0.3 is 12.4 Å². The monoisotopic (exact) mass is 341 g/mol. The second-order valence-corrected chi connectivity index (χ2v) is 5.00. The Balaban J connectivity index is 0.00000242. The fraction of sp³-hybridized carbons (Fsp3) is 0.125. The first-order valence-electron chi connectivity index (χ1n) is 6.37. The van der Waals surface area contributed by atoms with Crippen molar-refractivity contribution in [2.24, 2.45) is 0 Å². The van der Waals surface area contributed by atoms with Crippen molar-refractivity contribution in [1.29, 1.82) is 0 Å². The first kappa shape index (κ1) is 18.3. The highest BCUT2D eigenvalue weighted by Gasteiger charge is 2.24. The second-order valence-electron chi connectivity index (χ2n) is 4.57. The SMILES string of the molecule is C[NH+](C(=O)CF)c1ccc(Cl)cc1C(=O)c1ccccc1.[Cl-]. The van der Waals surface area contributed by atoms with Crippen molar-refractivity contribution in [3.63, 3.8) is 0 Å². The Labute approximate surface area is 139 Å². The average Bonchev–Trinajstić information content (AvgIpc) is 2.53. The Morgan fingerprint density at radius 1 is 1.14 bits per heavy atom. The van der Waals surface area contributed by atoms with Gasteiger partial charge in [0.25, 0.3) is 0 Å². The van der Waals surface area contributed by atoms with Gasteiger partial charge in [0.15, 0.2) is 5.78 Å². The fourth-order valence-corrected chi connectivity index (χ4v) is 2.20. The molecule has 0 heterocycles. The lowest BCUT2D eigenvalue weighted by Gasteiger charge is -2.13. The lowest BCUT2D eigenvalue weighted by atomic mass is 10.0. The van der Waals surface area contributed by atoms with E-state index in [-0.39, 0.29) is 23.1 Å². The van der Waals surface area contributed by atoms with Crippen LogP contribution in [0.5, 0.6) is 0 Å². The molecule has 0 bridgehead atoms. The third-order valence-corrected chi connectivity index (χ3v) is 3.44. The number of alkyl halides is 1. The molecule has 0 radical (unpaired) electrons. The van der Waals surface area contributed by atoms with Crippen LogP contribution >= 0.6 is 11.6 Å². The molecule has 1 unspecified atom stereocenters. The zero-order valence-electron chi connectivity index (χ0n) is 11.8. The van der Waals surface area contributed by atoms with Crippen LogP contribution in [0.25, 0.3) is 0 Å². The van der Waals surface area contributed by atoms with Gasteiger partial charge in [0.2, 0.25) is 6.67 Å². The molecule has 2 rings (SSSR count). The average molecular weight is 342 g/mol. The number of rotatable bonds is 4. The summed E-state index contributed by atoms with van der Waals surface area (Å²) in [5.41, 5.74) is 1.20. The number of halogens is 3. The summed E-state index contributed by atoms with van der Waals surface area (Å²) >= 11 is 5.95. The van der Waals surface area contributed by atoms with Gasteiger partial charge in [-0.05, 0) is 12.1 Å². The van der Waals surface area contributed by atoms with E-state index in [0.717, 1.165) is 0 Å². The largest absolute Gasteiger partial charge is 1.00 e. The van der Waals surface area contributed by atoms with E-state index < -0.39 is 12.6 Å². The molecule has 1 atom stereocenters. The van der Waals surface area contributed by atoms with Gasteiger partial charge in [-0.15, -0.1) is 0 Å². The number of carbonyl (C=O) groups excluding carboxylic acids is 2. The number of quaternary nitrogens is 1. The van der Waals surface area contributed by atoms with Crippen LogP contribution in [0.15, 0.2) is 48.5 Å². The summed E-state index contributed by atoms with van der Waals surface area (Å²) < 4.78 is 12.6. The van der Waals surface area contributed by atoms with Gasteiger partial charge in [-0.2, -0.15) is 0 Å². The Bertz CT molecular complexity index is 677. The Kier molecular flexibility index (Phi) is 6.68. The third-order valence-electron chi connectivity index (χ3n) is 3.21. The Morgan fingerprint density at radius 2 is 1.77 bits per heavy atom. The predicted octanol–water partition coefficient (Wildman–Crippen LogP) is -0.783. The lowest BCUT2D eigenvalue weighted by molar-refractivity contribution is -0.724. The highest BCUT2D eigenvalue weighted by Crippen LogP contribution is 2.21. The molecule has 116 valence electrons. The molecule has 22 heavy (non-hydrogen) atoms. The molecule has 0 aliphatic rings. The summed E-state index contributed by atoms with van der Waals surface area (Å²) in [5, 5.41) is 0.388. The van der Waals surface area contributed by atoms with E-state index >= 15 is 0 Å². The van der Waals surface area contributed by atoms with Gasteiger partial charge in [0.05, 0.1) is 12.6 Å². The van der Waals surface area contributed by atoms with Crippen molar-refractivity contribution in [2.75, 3.05) is 13.7 Å². The number of nitrogens with one attached hydrogen (secondary N) is 1. The minimum absolute atomic E-state index is 0. The lowest BCUT2D eigenvalue weighted by Crippen LogP contribution is -3.07. The van der Waals surface area contributed by atoms with Gasteiger partial charge in [0, 0.05) is 16.7 Å². The van der Waals surface area contributed by atoms with Crippen molar-refractivity contribution >= 4 is 29.0 Å². The van der Waals surface area contributed by atoms with Gasteiger partial charge in [0.1, 0.15) is 5.69 Å². The molecule has 0 aliphatic heterocycles. The van der Waals surface area contributed by atoms with E-state index in [1.54, 1.807) is 42.5 Å². The van der Waals surface area contributed by atoms with E-state index in [4.69, 9.17) is 11.6 Å². The summed E-state index contributed by atoms with van der Waals surface area (Å²) in [5.74, 6) is -0.890. The summed E-state index contributed by atoms with van der Waals surface area (Å²) in [6, 6.07) is 13.3. The molecule has 1 amide bonds. The maximum Gasteiger partial charge on any atom is 0.348 e. The Morgan fingerprint density at radius 3 is 2.36 bits per heavy atom. The smallest absolute Gasteiger partial charge is 0.348 e. The van der Waals surface area contributed by atoms with Gasteiger partial charge in [-0.1, -0.05) is 41.9 Å². The molecule has 2 aromatic rings. The molecule has 0 aromatic heterocycles. The number of amides is 1. The standard InChI is InChI=1S/C16H13ClFNO2.ClH/c1-19(15(20)10-18)14-8-7-12(17)9-13(14)16(21)11-5-3-2-4-6-11;/h2-9H,10H2,1H3;1H. The zero-order valence-corrected chi connectivity index (χ0v) is 13.3. The minimum atomic E-state index is -1.09. The quantitative estimate of drug-likeness (QED) is 0.741. The normalized spacial score (nSPS) is 11.4. The van der Waals surface area contributed by atoms with Crippen molar-refractivity contribution in [3.8, 4) is 0 Å². The van der Waals surface area contributed by atoms with Gasteiger partial charge in [-0.3, -0.25) is 4.79 Å². The first-order valence-corrected chi connectivity index (χ1v) is 6.74. The van der Waals surface area contributed by atoms with Crippen molar-refractivity contribution in [2.45, 2.75) is 0 Å². The number of hydrogen-bond acceptors (Lipinski definition) is 2. The van der Waals surface area contributed by atoms with Crippen LogP contribution < -0.4 is 17.3 Å². The fourth-order valence-electron chi connectivity index (χ4n) is 2.03. The molecular weight excluding hydrogens is 328 g/mol.